The number of ether oxygens (including phenoxy) is 3. The van der Waals surface area contributed by atoms with Gasteiger partial charge in [0, 0.05) is 19.3 Å². The number of rotatable bonds is 51. The fourth-order valence-corrected chi connectivity index (χ4v) is 8.07. The highest BCUT2D eigenvalue weighted by Gasteiger charge is 2.19. The molecule has 378 valence electrons. The first-order chi connectivity index (χ1) is 32.0. The molecule has 6 heteroatoms. The maximum Gasteiger partial charge on any atom is 0.306 e. The van der Waals surface area contributed by atoms with Crippen molar-refractivity contribution >= 4 is 17.9 Å². The first kappa shape index (κ1) is 62.4. The minimum atomic E-state index is -0.781. The second-order valence-electron chi connectivity index (χ2n) is 18.9. The molecule has 0 aromatic carbocycles. The summed E-state index contributed by atoms with van der Waals surface area (Å²) in [5.74, 6) is -0.898. The summed E-state index contributed by atoms with van der Waals surface area (Å²) in [6.45, 7) is 6.61. The average Bonchev–Trinajstić information content (AvgIpc) is 3.30. The van der Waals surface area contributed by atoms with E-state index in [4.69, 9.17) is 14.2 Å². The van der Waals surface area contributed by atoms with E-state index in [1.165, 1.54) is 167 Å². The van der Waals surface area contributed by atoms with Gasteiger partial charge in [-0.25, -0.2) is 0 Å². The van der Waals surface area contributed by atoms with Gasteiger partial charge >= 0.3 is 17.9 Å². The highest BCUT2D eigenvalue weighted by Crippen LogP contribution is 2.16. The number of allylic oxidation sites excluding steroid dienone is 8. The van der Waals surface area contributed by atoms with Gasteiger partial charge in [-0.3, -0.25) is 14.4 Å². The maximum absolute atomic E-state index is 12.8. The molecule has 0 aliphatic rings. The molecule has 0 radical (unpaired) electrons. The fraction of sp³-hybridized carbons (Fsp3) is 0.814. The van der Waals surface area contributed by atoms with Crippen LogP contribution in [0.4, 0.5) is 0 Å². The van der Waals surface area contributed by atoms with Crippen LogP contribution in [0, 0.1) is 0 Å². The lowest BCUT2D eigenvalue weighted by Gasteiger charge is -2.18. The predicted molar refractivity (Wildman–Crippen MR) is 279 cm³/mol. The topological polar surface area (TPSA) is 78.9 Å². The predicted octanol–water partition coefficient (Wildman–Crippen LogP) is 18.7. The van der Waals surface area contributed by atoms with Crippen molar-refractivity contribution in [2.75, 3.05) is 13.2 Å². The minimum Gasteiger partial charge on any atom is -0.462 e. The second kappa shape index (κ2) is 54.0. The van der Waals surface area contributed by atoms with Crippen LogP contribution in [-0.2, 0) is 28.6 Å². The van der Waals surface area contributed by atoms with Gasteiger partial charge in [-0.1, -0.05) is 256 Å². The molecule has 0 unspecified atom stereocenters. The summed E-state index contributed by atoms with van der Waals surface area (Å²) in [5.41, 5.74) is 0. The van der Waals surface area contributed by atoms with E-state index in [1.54, 1.807) is 0 Å². The van der Waals surface area contributed by atoms with Crippen LogP contribution in [0.15, 0.2) is 48.6 Å². The van der Waals surface area contributed by atoms with Gasteiger partial charge in [0.1, 0.15) is 13.2 Å². The number of esters is 3. The average molecular weight is 911 g/mol. The molecule has 0 aliphatic heterocycles. The number of hydrogen-bond donors (Lipinski definition) is 0. The second-order valence-corrected chi connectivity index (χ2v) is 18.9. The molecular weight excluding hydrogens is 805 g/mol. The zero-order valence-corrected chi connectivity index (χ0v) is 43.3. The molecule has 6 nitrogen and oxygen atoms in total. The first-order valence-electron chi connectivity index (χ1n) is 28.1. The molecule has 0 aromatic heterocycles. The van der Waals surface area contributed by atoms with Gasteiger partial charge in [-0.05, 0) is 64.2 Å². The van der Waals surface area contributed by atoms with Crippen molar-refractivity contribution in [3.63, 3.8) is 0 Å². The molecule has 0 heterocycles. The first-order valence-corrected chi connectivity index (χ1v) is 28.1. The molecule has 0 N–H and O–H groups in total. The highest BCUT2D eigenvalue weighted by atomic mass is 16.6. The highest BCUT2D eigenvalue weighted by molar-refractivity contribution is 5.71. The lowest BCUT2D eigenvalue weighted by atomic mass is 10.0. The van der Waals surface area contributed by atoms with E-state index in [2.05, 4.69) is 69.4 Å². The third-order valence-corrected chi connectivity index (χ3v) is 12.3. The Balaban J connectivity index is 4.37. The molecule has 0 fully saturated rings. The quantitative estimate of drug-likeness (QED) is 0.0262. The van der Waals surface area contributed by atoms with E-state index in [-0.39, 0.29) is 31.1 Å². The van der Waals surface area contributed by atoms with Crippen LogP contribution in [-0.4, -0.2) is 37.2 Å². The number of carbonyl (C=O) groups excluding carboxylic acids is 3. The fourth-order valence-electron chi connectivity index (χ4n) is 8.07. The van der Waals surface area contributed by atoms with Crippen LogP contribution < -0.4 is 0 Å². The standard InChI is InChI=1S/C59H106O6/c1-4-7-10-13-16-19-22-24-26-28-29-31-32-34-37-40-43-46-49-52-58(61)64-55-56(54-63-57(60)51-48-45-42-39-36-21-18-15-12-9-6-3)65-59(62)53-50-47-44-41-38-35-33-30-27-25-23-20-17-14-11-8-5-2/h16,19,24,26,29,31,34,37,56H,4-15,17-18,20-23,25,27-28,30,32-33,35-36,38-55H2,1-3H3/b19-16-,26-24-,31-29-,37-34-/t56-/m0/s1. The van der Waals surface area contributed by atoms with Crippen molar-refractivity contribution < 1.29 is 28.6 Å². The molecule has 1 atom stereocenters. The molecule has 0 rings (SSSR count). The van der Waals surface area contributed by atoms with E-state index in [9.17, 15) is 14.4 Å². The van der Waals surface area contributed by atoms with E-state index in [0.29, 0.717) is 19.3 Å². The Bertz CT molecular complexity index is 1140. The third kappa shape index (κ3) is 52.2. The molecule has 65 heavy (non-hydrogen) atoms. The van der Waals surface area contributed by atoms with Gasteiger partial charge in [-0.2, -0.15) is 0 Å². The van der Waals surface area contributed by atoms with Crippen molar-refractivity contribution in [1.82, 2.24) is 0 Å². The maximum atomic E-state index is 12.8. The molecule has 0 amide bonds. The van der Waals surface area contributed by atoms with Gasteiger partial charge in [0.25, 0.3) is 0 Å². The monoisotopic (exact) mass is 911 g/mol. The lowest BCUT2D eigenvalue weighted by Crippen LogP contribution is -2.30. The Morgan fingerprint density at radius 2 is 0.554 bits per heavy atom. The van der Waals surface area contributed by atoms with Gasteiger partial charge in [0.15, 0.2) is 6.10 Å². The van der Waals surface area contributed by atoms with E-state index in [0.717, 1.165) is 83.5 Å². The normalized spacial score (nSPS) is 12.4. The summed E-state index contributed by atoms with van der Waals surface area (Å²) in [4.78, 5) is 38.1. The number of hydrogen-bond acceptors (Lipinski definition) is 6. The SMILES string of the molecule is CCCCC/C=C\C/C=C\C/C=C\C/C=C\CCCCCC(=O)OC[C@H](COC(=O)CCCCCCCCCCCCC)OC(=O)CCCCCCCCCCCCCCCCCCC. The minimum absolute atomic E-state index is 0.0794. The largest absolute Gasteiger partial charge is 0.462 e. The summed E-state index contributed by atoms with van der Waals surface area (Å²) in [7, 11) is 0. The Morgan fingerprint density at radius 3 is 0.892 bits per heavy atom. The molecule has 0 bridgehead atoms. The third-order valence-electron chi connectivity index (χ3n) is 12.3. The Labute approximate surface area is 403 Å². The zero-order valence-electron chi connectivity index (χ0n) is 43.3. The van der Waals surface area contributed by atoms with Gasteiger partial charge in [0.05, 0.1) is 0 Å². The van der Waals surface area contributed by atoms with Crippen LogP contribution >= 0.6 is 0 Å². The Morgan fingerprint density at radius 1 is 0.308 bits per heavy atom. The van der Waals surface area contributed by atoms with Crippen LogP contribution in [0.2, 0.25) is 0 Å². The van der Waals surface area contributed by atoms with Crippen LogP contribution in [0.5, 0.6) is 0 Å². The molecule has 0 aliphatic carbocycles. The lowest BCUT2D eigenvalue weighted by molar-refractivity contribution is -0.167. The van der Waals surface area contributed by atoms with Crippen molar-refractivity contribution in [3.05, 3.63) is 48.6 Å². The Kier molecular flexibility index (Phi) is 51.8. The number of unbranched alkanes of at least 4 members (excludes halogenated alkanes) is 32. The summed E-state index contributed by atoms with van der Waals surface area (Å²) < 4.78 is 16.8. The summed E-state index contributed by atoms with van der Waals surface area (Å²) >= 11 is 0. The van der Waals surface area contributed by atoms with Crippen molar-refractivity contribution in [2.24, 2.45) is 0 Å². The molecule has 0 spiro atoms. The number of carbonyl (C=O) groups is 3. The summed E-state index contributed by atoms with van der Waals surface area (Å²) in [5, 5.41) is 0. The van der Waals surface area contributed by atoms with E-state index in [1.807, 2.05) is 0 Å². The molecule has 0 saturated carbocycles. The van der Waals surface area contributed by atoms with Crippen LogP contribution in [0.3, 0.4) is 0 Å². The smallest absolute Gasteiger partial charge is 0.306 e. The summed E-state index contributed by atoms with van der Waals surface area (Å²) in [6, 6.07) is 0. The van der Waals surface area contributed by atoms with Crippen molar-refractivity contribution in [1.29, 1.82) is 0 Å². The van der Waals surface area contributed by atoms with Crippen molar-refractivity contribution in [3.8, 4) is 0 Å². The zero-order chi connectivity index (χ0) is 47.2. The van der Waals surface area contributed by atoms with Gasteiger partial charge < -0.3 is 14.2 Å². The van der Waals surface area contributed by atoms with Crippen LogP contribution in [0.25, 0.3) is 0 Å². The Hall–Kier alpha value is -2.63. The van der Waals surface area contributed by atoms with Gasteiger partial charge in [0.2, 0.25) is 0 Å². The van der Waals surface area contributed by atoms with Crippen LogP contribution in [0.1, 0.15) is 290 Å². The molecule has 0 saturated heterocycles. The summed E-state index contributed by atoms with van der Waals surface area (Å²) in [6.07, 6.45) is 65.3. The van der Waals surface area contributed by atoms with E-state index < -0.39 is 6.10 Å². The molecule has 0 aromatic rings. The van der Waals surface area contributed by atoms with Crippen molar-refractivity contribution in [2.45, 2.75) is 297 Å². The molecular formula is C59H106O6. The van der Waals surface area contributed by atoms with E-state index >= 15 is 0 Å². The van der Waals surface area contributed by atoms with Gasteiger partial charge in [-0.15, -0.1) is 0 Å².